The summed E-state index contributed by atoms with van der Waals surface area (Å²) < 4.78 is 10.4. The van der Waals surface area contributed by atoms with Gasteiger partial charge in [0.1, 0.15) is 5.75 Å². The van der Waals surface area contributed by atoms with Crippen LogP contribution in [-0.4, -0.2) is 73.6 Å². The Morgan fingerprint density at radius 2 is 1.68 bits per heavy atom. The Morgan fingerprint density at radius 1 is 1.00 bits per heavy atom. The first kappa shape index (κ1) is 21.5. The van der Waals surface area contributed by atoms with Crippen LogP contribution in [-0.2, 0) is 9.53 Å². The normalized spacial score (nSPS) is 13.8. The van der Waals surface area contributed by atoms with Crippen molar-refractivity contribution in [1.82, 2.24) is 15.1 Å². The molecule has 28 heavy (non-hydrogen) atoms. The quantitative estimate of drug-likeness (QED) is 0.684. The van der Waals surface area contributed by atoms with Crippen LogP contribution in [0, 0.1) is 0 Å². The Hall–Kier alpha value is -2.77. The van der Waals surface area contributed by atoms with Crippen molar-refractivity contribution < 1.29 is 23.9 Å². The van der Waals surface area contributed by atoms with Gasteiger partial charge in [-0.25, -0.2) is 4.79 Å². The summed E-state index contributed by atoms with van der Waals surface area (Å²) in [6.45, 7) is 6.86. The van der Waals surface area contributed by atoms with Gasteiger partial charge in [-0.05, 0) is 32.4 Å². The van der Waals surface area contributed by atoms with E-state index in [2.05, 4.69) is 5.32 Å². The fourth-order valence-corrected chi connectivity index (χ4v) is 2.98. The minimum atomic E-state index is -0.329. The molecule has 1 aliphatic heterocycles. The maximum Gasteiger partial charge on any atom is 0.409 e. The first-order chi connectivity index (χ1) is 13.6. The lowest BCUT2D eigenvalue weighted by atomic mass is 10.2. The van der Waals surface area contributed by atoms with E-state index in [1.165, 1.54) is 0 Å². The molecule has 1 aromatic carbocycles. The Morgan fingerprint density at radius 3 is 2.36 bits per heavy atom. The van der Waals surface area contributed by atoms with Crippen LogP contribution in [0.2, 0.25) is 0 Å². The van der Waals surface area contributed by atoms with Crippen molar-refractivity contribution in [2.24, 2.45) is 0 Å². The highest BCUT2D eigenvalue weighted by atomic mass is 16.6. The lowest BCUT2D eigenvalue weighted by Crippen LogP contribution is -2.50. The predicted octanol–water partition coefficient (Wildman–Crippen LogP) is 1.90. The zero-order chi connectivity index (χ0) is 20.4. The Bertz CT molecular complexity index is 672. The highest BCUT2D eigenvalue weighted by Crippen LogP contribution is 2.17. The Kier molecular flexibility index (Phi) is 8.58. The zero-order valence-electron chi connectivity index (χ0n) is 16.6. The Balaban J connectivity index is 1.69. The molecular formula is C20H29N3O5. The average Bonchev–Trinajstić information content (AvgIpc) is 2.72. The van der Waals surface area contributed by atoms with Gasteiger partial charge in [-0.3, -0.25) is 9.59 Å². The molecule has 0 atom stereocenters. The predicted molar refractivity (Wildman–Crippen MR) is 104 cm³/mol. The number of benzene rings is 1. The molecule has 0 unspecified atom stereocenters. The van der Waals surface area contributed by atoms with Crippen molar-refractivity contribution >= 4 is 17.9 Å². The first-order valence-corrected chi connectivity index (χ1v) is 9.76. The molecule has 8 heteroatoms. The van der Waals surface area contributed by atoms with Crippen LogP contribution in [0.25, 0.3) is 0 Å². The van der Waals surface area contributed by atoms with E-state index >= 15 is 0 Å². The highest BCUT2D eigenvalue weighted by Gasteiger charge is 2.24. The molecule has 3 amide bonds. The van der Waals surface area contributed by atoms with E-state index in [-0.39, 0.29) is 17.9 Å². The summed E-state index contributed by atoms with van der Waals surface area (Å²) in [5, 5.41) is 2.83. The largest absolute Gasteiger partial charge is 0.493 e. The molecule has 1 N–H and O–H groups in total. The van der Waals surface area contributed by atoms with Crippen molar-refractivity contribution in [1.29, 1.82) is 0 Å². The van der Waals surface area contributed by atoms with E-state index < -0.39 is 0 Å². The number of rotatable bonds is 8. The highest BCUT2D eigenvalue weighted by molar-refractivity contribution is 5.96. The summed E-state index contributed by atoms with van der Waals surface area (Å²) in [6, 6.07) is 7.09. The van der Waals surface area contributed by atoms with Crippen LogP contribution in [0.4, 0.5) is 4.79 Å². The maximum atomic E-state index is 12.3. The van der Waals surface area contributed by atoms with E-state index in [9.17, 15) is 14.4 Å². The van der Waals surface area contributed by atoms with Gasteiger partial charge in [0.05, 0.1) is 18.8 Å². The molecule has 1 aromatic rings. The maximum absolute atomic E-state index is 12.3. The molecule has 0 aliphatic carbocycles. The molecule has 1 saturated heterocycles. The molecule has 0 saturated carbocycles. The second-order valence-corrected chi connectivity index (χ2v) is 6.36. The molecule has 154 valence electrons. The zero-order valence-corrected chi connectivity index (χ0v) is 16.6. The number of hydrogen-bond acceptors (Lipinski definition) is 5. The number of para-hydroxylation sites is 1. The van der Waals surface area contributed by atoms with Crippen LogP contribution < -0.4 is 10.1 Å². The van der Waals surface area contributed by atoms with Gasteiger partial charge >= 0.3 is 6.09 Å². The molecule has 0 bridgehead atoms. The molecule has 1 aliphatic rings. The first-order valence-electron chi connectivity index (χ1n) is 9.76. The lowest BCUT2D eigenvalue weighted by molar-refractivity contribution is -0.132. The van der Waals surface area contributed by atoms with Gasteiger partial charge in [0, 0.05) is 39.1 Å². The van der Waals surface area contributed by atoms with E-state index in [0.717, 1.165) is 0 Å². The summed E-state index contributed by atoms with van der Waals surface area (Å²) in [7, 11) is 0. The van der Waals surface area contributed by atoms with Gasteiger partial charge in [-0.1, -0.05) is 12.1 Å². The number of carbonyl (C=O) groups is 3. The SMILES string of the molecule is CCOC(=O)N1CCN(C(=O)CCCNC(=O)c2ccccc2OCC)CC1. The van der Waals surface area contributed by atoms with Gasteiger partial charge in [0.25, 0.3) is 5.91 Å². The van der Waals surface area contributed by atoms with Crippen LogP contribution in [0.3, 0.4) is 0 Å². The summed E-state index contributed by atoms with van der Waals surface area (Å²) >= 11 is 0. The number of ether oxygens (including phenoxy) is 2. The van der Waals surface area contributed by atoms with Crippen LogP contribution in [0.15, 0.2) is 24.3 Å². The fraction of sp³-hybridized carbons (Fsp3) is 0.550. The van der Waals surface area contributed by atoms with Crippen molar-refractivity contribution in [3.8, 4) is 5.75 Å². The average molecular weight is 391 g/mol. The molecule has 0 aromatic heterocycles. The van der Waals surface area contributed by atoms with Gasteiger partial charge in [0.15, 0.2) is 0 Å². The lowest BCUT2D eigenvalue weighted by Gasteiger charge is -2.34. The minimum absolute atomic E-state index is 0.0347. The van der Waals surface area contributed by atoms with Crippen LogP contribution in [0.1, 0.15) is 37.0 Å². The molecule has 2 rings (SSSR count). The van der Waals surface area contributed by atoms with Gasteiger partial charge in [-0.2, -0.15) is 0 Å². The number of piperazine rings is 1. The Labute approximate surface area is 165 Å². The smallest absolute Gasteiger partial charge is 0.409 e. The summed E-state index contributed by atoms with van der Waals surface area (Å²) in [4.78, 5) is 39.7. The number of carbonyl (C=O) groups excluding carboxylic acids is 3. The molecule has 8 nitrogen and oxygen atoms in total. The van der Waals surface area contributed by atoms with Gasteiger partial charge in [0.2, 0.25) is 5.91 Å². The topological polar surface area (TPSA) is 88.2 Å². The summed E-state index contributed by atoms with van der Waals surface area (Å²) in [5.74, 6) is 0.380. The monoisotopic (exact) mass is 391 g/mol. The second kappa shape index (κ2) is 11.2. The minimum Gasteiger partial charge on any atom is -0.493 e. The number of hydrogen-bond donors (Lipinski definition) is 1. The third-order valence-electron chi connectivity index (χ3n) is 4.44. The van der Waals surface area contributed by atoms with E-state index in [1.807, 2.05) is 13.0 Å². The van der Waals surface area contributed by atoms with Crippen molar-refractivity contribution in [3.05, 3.63) is 29.8 Å². The summed E-state index contributed by atoms with van der Waals surface area (Å²) in [6.07, 6.45) is 0.580. The van der Waals surface area contributed by atoms with E-state index in [4.69, 9.17) is 9.47 Å². The van der Waals surface area contributed by atoms with Gasteiger partial charge < -0.3 is 24.6 Å². The second-order valence-electron chi connectivity index (χ2n) is 6.36. The molecule has 1 fully saturated rings. The van der Waals surface area contributed by atoms with E-state index in [0.29, 0.717) is 70.1 Å². The van der Waals surface area contributed by atoms with Crippen molar-refractivity contribution in [2.75, 3.05) is 45.9 Å². The molecular weight excluding hydrogens is 362 g/mol. The van der Waals surface area contributed by atoms with Crippen molar-refractivity contribution in [3.63, 3.8) is 0 Å². The standard InChI is InChI=1S/C20H29N3O5/c1-3-27-17-9-6-5-8-16(17)19(25)21-11-7-10-18(24)22-12-14-23(15-13-22)20(26)28-4-2/h5-6,8-9H,3-4,7,10-15H2,1-2H3,(H,21,25). The number of nitrogens with one attached hydrogen (secondary N) is 1. The van der Waals surface area contributed by atoms with Crippen molar-refractivity contribution in [2.45, 2.75) is 26.7 Å². The fourth-order valence-electron chi connectivity index (χ4n) is 2.98. The molecule has 0 spiro atoms. The van der Waals surface area contributed by atoms with E-state index in [1.54, 1.807) is 34.9 Å². The molecule has 0 radical (unpaired) electrons. The third-order valence-corrected chi connectivity index (χ3v) is 4.44. The third kappa shape index (κ3) is 6.14. The number of nitrogens with zero attached hydrogens (tertiary/aromatic N) is 2. The van der Waals surface area contributed by atoms with Crippen LogP contribution in [0.5, 0.6) is 5.75 Å². The molecule has 1 heterocycles. The van der Waals surface area contributed by atoms with Gasteiger partial charge in [-0.15, -0.1) is 0 Å². The summed E-state index contributed by atoms with van der Waals surface area (Å²) in [5.41, 5.74) is 0.491. The number of amides is 3. The van der Waals surface area contributed by atoms with Crippen LogP contribution >= 0.6 is 0 Å².